The third-order valence-electron chi connectivity index (χ3n) is 3.11. The quantitative estimate of drug-likeness (QED) is 0.637. The Kier molecular flexibility index (Phi) is 6.90. The fraction of sp³-hybridized carbons (Fsp3) is 0.846. The lowest BCUT2D eigenvalue weighted by Crippen LogP contribution is -2.47. The van der Waals surface area contributed by atoms with Crippen LogP contribution in [-0.4, -0.2) is 55.6 Å². The fourth-order valence-electron chi connectivity index (χ4n) is 2.05. The molecule has 1 aliphatic heterocycles. The van der Waals surface area contributed by atoms with E-state index in [0.717, 1.165) is 13.0 Å². The molecular formula is C13H23NO4. The summed E-state index contributed by atoms with van der Waals surface area (Å²) >= 11 is 0. The van der Waals surface area contributed by atoms with Crippen LogP contribution in [-0.2, 0) is 19.1 Å². The van der Waals surface area contributed by atoms with E-state index in [1.807, 2.05) is 0 Å². The van der Waals surface area contributed by atoms with E-state index >= 15 is 0 Å². The minimum Gasteiger partial charge on any atom is -0.466 e. The van der Waals surface area contributed by atoms with E-state index in [4.69, 9.17) is 9.47 Å². The summed E-state index contributed by atoms with van der Waals surface area (Å²) in [5.74, 6) is -0.191. The van der Waals surface area contributed by atoms with Crippen molar-refractivity contribution in [3.05, 3.63) is 0 Å². The van der Waals surface area contributed by atoms with Crippen molar-refractivity contribution in [1.29, 1.82) is 0 Å². The second kappa shape index (κ2) is 8.21. The monoisotopic (exact) mass is 257 g/mol. The SMILES string of the molecule is CCOC(=O)CCC(=O)CN1CCOCC1CC. The number of rotatable bonds is 7. The second-order valence-corrected chi connectivity index (χ2v) is 4.45. The van der Waals surface area contributed by atoms with E-state index in [0.29, 0.717) is 32.4 Å². The number of Topliss-reactive ketones (excluding diaryl/α,β-unsaturated/α-hetero) is 1. The minimum atomic E-state index is -0.292. The van der Waals surface area contributed by atoms with Crippen LogP contribution in [0, 0.1) is 0 Å². The molecule has 0 N–H and O–H groups in total. The van der Waals surface area contributed by atoms with Gasteiger partial charge in [0, 0.05) is 19.0 Å². The average molecular weight is 257 g/mol. The van der Waals surface area contributed by atoms with E-state index in [-0.39, 0.29) is 24.6 Å². The third-order valence-corrected chi connectivity index (χ3v) is 3.11. The Bertz CT molecular complexity index is 280. The van der Waals surface area contributed by atoms with Crippen molar-refractivity contribution in [2.45, 2.75) is 39.2 Å². The number of morpholine rings is 1. The molecule has 0 amide bonds. The summed E-state index contributed by atoms with van der Waals surface area (Å²) in [6.45, 7) is 6.82. The molecule has 0 aromatic carbocycles. The van der Waals surface area contributed by atoms with E-state index in [1.165, 1.54) is 0 Å². The lowest BCUT2D eigenvalue weighted by molar-refractivity contribution is -0.144. The number of carbonyl (C=O) groups is 2. The molecule has 18 heavy (non-hydrogen) atoms. The van der Waals surface area contributed by atoms with Gasteiger partial charge >= 0.3 is 5.97 Å². The first-order valence-electron chi connectivity index (χ1n) is 6.66. The molecule has 0 aromatic heterocycles. The topological polar surface area (TPSA) is 55.8 Å². The van der Waals surface area contributed by atoms with Gasteiger partial charge in [-0.1, -0.05) is 6.92 Å². The summed E-state index contributed by atoms with van der Waals surface area (Å²) in [4.78, 5) is 25.1. The molecule has 1 heterocycles. The van der Waals surface area contributed by atoms with Crippen LogP contribution in [0.4, 0.5) is 0 Å². The van der Waals surface area contributed by atoms with Gasteiger partial charge in [-0.25, -0.2) is 0 Å². The summed E-state index contributed by atoms with van der Waals surface area (Å²) in [6, 6.07) is 0.324. The highest BCUT2D eigenvalue weighted by molar-refractivity contribution is 5.84. The standard InChI is InChI=1S/C13H23NO4/c1-3-11-10-17-8-7-14(11)9-12(15)5-6-13(16)18-4-2/h11H,3-10H2,1-2H3. The lowest BCUT2D eigenvalue weighted by Gasteiger charge is -2.34. The van der Waals surface area contributed by atoms with Crippen molar-refractivity contribution in [1.82, 2.24) is 4.90 Å². The number of ether oxygens (including phenoxy) is 2. The van der Waals surface area contributed by atoms with Crippen molar-refractivity contribution in [3.8, 4) is 0 Å². The molecule has 5 heteroatoms. The van der Waals surface area contributed by atoms with Crippen LogP contribution < -0.4 is 0 Å². The predicted octanol–water partition coefficient (Wildman–Crippen LogP) is 1.01. The summed E-state index contributed by atoms with van der Waals surface area (Å²) in [5, 5.41) is 0. The molecule has 0 aromatic rings. The largest absolute Gasteiger partial charge is 0.466 e. The Labute approximate surface area is 108 Å². The summed E-state index contributed by atoms with van der Waals surface area (Å²) in [6.07, 6.45) is 1.44. The maximum absolute atomic E-state index is 11.8. The van der Waals surface area contributed by atoms with E-state index in [9.17, 15) is 9.59 Å². The van der Waals surface area contributed by atoms with Gasteiger partial charge in [-0.05, 0) is 13.3 Å². The van der Waals surface area contributed by atoms with Crippen LogP contribution in [0.2, 0.25) is 0 Å². The molecule has 1 unspecified atom stereocenters. The molecule has 0 bridgehead atoms. The summed E-state index contributed by atoms with van der Waals surface area (Å²) in [7, 11) is 0. The highest BCUT2D eigenvalue weighted by Crippen LogP contribution is 2.10. The first-order valence-corrected chi connectivity index (χ1v) is 6.66. The number of ketones is 1. The number of hydrogen-bond acceptors (Lipinski definition) is 5. The van der Waals surface area contributed by atoms with E-state index in [2.05, 4.69) is 11.8 Å². The second-order valence-electron chi connectivity index (χ2n) is 4.45. The van der Waals surface area contributed by atoms with Crippen molar-refractivity contribution in [2.24, 2.45) is 0 Å². The molecule has 0 aliphatic carbocycles. The summed E-state index contributed by atoms with van der Waals surface area (Å²) in [5.41, 5.74) is 0. The predicted molar refractivity (Wildman–Crippen MR) is 67.3 cm³/mol. The van der Waals surface area contributed by atoms with Crippen molar-refractivity contribution >= 4 is 11.8 Å². The zero-order valence-electron chi connectivity index (χ0n) is 11.3. The first-order chi connectivity index (χ1) is 8.67. The van der Waals surface area contributed by atoms with Crippen LogP contribution in [0.25, 0.3) is 0 Å². The van der Waals surface area contributed by atoms with Gasteiger partial charge in [0.05, 0.1) is 32.8 Å². The Morgan fingerprint density at radius 3 is 2.78 bits per heavy atom. The number of esters is 1. The van der Waals surface area contributed by atoms with Gasteiger partial charge in [-0.2, -0.15) is 0 Å². The van der Waals surface area contributed by atoms with Crippen molar-refractivity contribution in [2.75, 3.05) is 32.9 Å². The lowest BCUT2D eigenvalue weighted by atomic mass is 10.1. The molecule has 1 saturated heterocycles. The van der Waals surface area contributed by atoms with Crippen LogP contribution in [0.5, 0.6) is 0 Å². The number of nitrogens with zero attached hydrogens (tertiary/aromatic N) is 1. The van der Waals surface area contributed by atoms with Gasteiger partial charge < -0.3 is 9.47 Å². The van der Waals surface area contributed by atoms with Crippen molar-refractivity contribution < 1.29 is 19.1 Å². The van der Waals surface area contributed by atoms with Crippen LogP contribution in [0.15, 0.2) is 0 Å². The van der Waals surface area contributed by atoms with Crippen molar-refractivity contribution in [3.63, 3.8) is 0 Å². The Balaban J connectivity index is 2.27. The van der Waals surface area contributed by atoms with Crippen LogP contribution in [0.1, 0.15) is 33.1 Å². The molecule has 1 aliphatic rings. The molecule has 0 saturated carbocycles. The van der Waals surface area contributed by atoms with Gasteiger partial charge in [-0.3, -0.25) is 14.5 Å². The zero-order valence-corrected chi connectivity index (χ0v) is 11.3. The molecule has 104 valence electrons. The first kappa shape index (κ1) is 15.1. The molecule has 1 fully saturated rings. The minimum absolute atomic E-state index is 0.100. The van der Waals surface area contributed by atoms with Gasteiger partial charge in [0.1, 0.15) is 5.78 Å². The third kappa shape index (κ3) is 5.14. The maximum atomic E-state index is 11.8. The van der Waals surface area contributed by atoms with E-state index in [1.54, 1.807) is 6.92 Å². The molecule has 1 atom stereocenters. The van der Waals surface area contributed by atoms with Gasteiger partial charge in [0.2, 0.25) is 0 Å². The van der Waals surface area contributed by atoms with Crippen LogP contribution in [0.3, 0.4) is 0 Å². The normalized spacial score (nSPS) is 20.7. The maximum Gasteiger partial charge on any atom is 0.306 e. The highest BCUT2D eigenvalue weighted by atomic mass is 16.5. The number of hydrogen-bond donors (Lipinski definition) is 0. The Morgan fingerprint density at radius 1 is 1.33 bits per heavy atom. The fourth-order valence-corrected chi connectivity index (χ4v) is 2.05. The smallest absolute Gasteiger partial charge is 0.306 e. The summed E-state index contributed by atoms with van der Waals surface area (Å²) < 4.78 is 10.2. The Hall–Kier alpha value is -0.940. The molecule has 5 nitrogen and oxygen atoms in total. The van der Waals surface area contributed by atoms with E-state index < -0.39 is 0 Å². The zero-order chi connectivity index (χ0) is 13.4. The van der Waals surface area contributed by atoms with Crippen LogP contribution >= 0.6 is 0 Å². The Morgan fingerprint density at radius 2 is 2.11 bits per heavy atom. The number of carbonyl (C=O) groups excluding carboxylic acids is 2. The van der Waals surface area contributed by atoms with Gasteiger partial charge in [0.15, 0.2) is 0 Å². The van der Waals surface area contributed by atoms with Gasteiger partial charge in [-0.15, -0.1) is 0 Å². The average Bonchev–Trinajstić information content (AvgIpc) is 2.37. The highest BCUT2D eigenvalue weighted by Gasteiger charge is 2.23. The molecule has 1 rings (SSSR count). The molecule has 0 spiro atoms. The van der Waals surface area contributed by atoms with Gasteiger partial charge in [0.25, 0.3) is 0 Å². The molecule has 0 radical (unpaired) electrons. The molecular weight excluding hydrogens is 234 g/mol.